The van der Waals surface area contributed by atoms with Gasteiger partial charge in [-0.1, -0.05) is 24.8 Å². The number of hydrogen-bond donors (Lipinski definition) is 5. The minimum atomic E-state index is -0.304. The second-order valence-electron chi connectivity index (χ2n) is 8.21. The average molecular weight is 486 g/mol. The zero-order valence-electron chi connectivity index (χ0n) is 19.6. The van der Waals surface area contributed by atoms with Gasteiger partial charge in [-0.25, -0.2) is 20.0 Å². The van der Waals surface area contributed by atoms with Crippen molar-refractivity contribution in [3.63, 3.8) is 0 Å². The molecule has 1 aliphatic rings. The lowest BCUT2D eigenvalue weighted by molar-refractivity contribution is -0.121. The van der Waals surface area contributed by atoms with Gasteiger partial charge in [0.15, 0.2) is 0 Å². The Labute approximate surface area is 208 Å². The third-order valence-corrected chi connectivity index (χ3v) is 5.68. The number of aromatic nitrogens is 3. The van der Waals surface area contributed by atoms with Crippen molar-refractivity contribution in [2.24, 2.45) is 0 Å². The van der Waals surface area contributed by atoms with Crippen LogP contribution >= 0.6 is 0 Å². The van der Waals surface area contributed by atoms with Crippen LogP contribution in [0.5, 0.6) is 0 Å². The van der Waals surface area contributed by atoms with Gasteiger partial charge in [0.05, 0.1) is 11.3 Å². The summed E-state index contributed by atoms with van der Waals surface area (Å²) in [5.74, 6) is 0.492. The van der Waals surface area contributed by atoms with E-state index in [0.717, 1.165) is 19.4 Å². The van der Waals surface area contributed by atoms with E-state index < -0.39 is 0 Å². The number of benzene rings is 1. The van der Waals surface area contributed by atoms with Gasteiger partial charge in [0.25, 0.3) is 11.8 Å². The van der Waals surface area contributed by atoms with Crippen LogP contribution in [-0.4, -0.2) is 56.6 Å². The van der Waals surface area contributed by atoms with Crippen LogP contribution in [0.15, 0.2) is 67.6 Å². The van der Waals surface area contributed by atoms with Gasteiger partial charge in [0.1, 0.15) is 23.8 Å². The first-order valence-electron chi connectivity index (χ1n) is 11.4. The number of nitrogen functional groups attached to an aromatic ring is 1. The molecule has 1 atom stereocenters. The Morgan fingerprint density at radius 3 is 2.61 bits per heavy atom. The van der Waals surface area contributed by atoms with E-state index in [1.54, 1.807) is 48.7 Å². The molecule has 0 aliphatic carbocycles. The van der Waals surface area contributed by atoms with Crippen LogP contribution in [0.2, 0.25) is 0 Å². The normalized spacial score (nSPS) is 15.5. The fourth-order valence-electron chi connectivity index (χ4n) is 3.90. The largest absolute Gasteiger partial charge is 0.383 e. The molecule has 2 aromatic heterocycles. The maximum atomic E-state index is 12.5. The lowest BCUT2D eigenvalue weighted by atomic mass is 10.0. The Bertz CT molecular complexity index is 1260. The first-order chi connectivity index (χ1) is 17.4. The first kappa shape index (κ1) is 24.5. The van der Waals surface area contributed by atoms with Crippen LogP contribution < -0.4 is 21.8 Å². The van der Waals surface area contributed by atoms with Crippen LogP contribution in [0, 0.1) is 5.41 Å². The number of nitrogens with two attached hydrogens (primary N) is 1. The Kier molecular flexibility index (Phi) is 7.61. The summed E-state index contributed by atoms with van der Waals surface area (Å²) in [6.45, 7) is 4.76. The number of nitrogens with zero attached hydrogens (tertiary/aromatic N) is 4. The van der Waals surface area contributed by atoms with Crippen LogP contribution in [-0.2, 0) is 4.79 Å². The number of carbonyl (C=O) groups excluding carboxylic acids is 2. The topological polar surface area (TPSA) is 162 Å². The van der Waals surface area contributed by atoms with E-state index in [-0.39, 0.29) is 29.4 Å². The number of carbonyl (C=O) groups is 2. The van der Waals surface area contributed by atoms with Gasteiger partial charge in [0, 0.05) is 36.5 Å². The molecule has 36 heavy (non-hydrogen) atoms. The standard InChI is InChI=1S/C25H27N9O2/c1-2-20(35)33-34-13-5-6-18(14-34)31-24-21(23(27)29-15-30-24)22(26)16-8-10-17(11-9-16)25(36)32-19-7-3-4-12-28-19/h2-4,7-12,15,18,26H,1,5-6,13-14H2,(H,33,35)(H,28,32,36)(H3,27,29,30,31). The molecule has 1 aliphatic heterocycles. The summed E-state index contributed by atoms with van der Waals surface area (Å²) in [5, 5.41) is 16.7. The fourth-order valence-corrected chi connectivity index (χ4v) is 3.90. The zero-order valence-corrected chi connectivity index (χ0v) is 19.6. The summed E-state index contributed by atoms with van der Waals surface area (Å²) < 4.78 is 0. The van der Waals surface area contributed by atoms with E-state index in [1.807, 2.05) is 5.01 Å². The van der Waals surface area contributed by atoms with E-state index in [4.69, 9.17) is 11.1 Å². The van der Waals surface area contributed by atoms with E-state index in [2.05, 4.69) is 37.6 Å². The van der Waals surface area contributed by atoms with Gasteiger partial charge in [-0.05, 0) is 43.2 Å². The molecule has 0 radical (unpaired) electrons. The molecule has 2 amide bonds. The Hall–Kier alpha value is -4.64. The molecule has 0 bridgehead atoms. The third kappa shape index (κ3) is 5.88. The number of hydrogen-bond acceptors (Lipinski definition) is 9. The van der Waals surface area contributed by atoms with Crippen molar-refractivity contribution in [3.8, 4) is 0 Å². The maximum Gasteiger partial charge on any atom is 0.257 e. The number of amides is 2. The lowest BCUT2D eigenvalue weighted by Crippen LogP contribution is -2.50. The summed E-state index contributed by atoms with van der Waals surface area (Å²) in [6.07, 6.45) is 5.90. The number of nitrogens with one attached hydrogen (secondary N) is 4. The van der Waals surface area contributed by atoms with Gasteiger partial charge in [0.2, 0.25) is 0 Å². The van der Waals surface area contributed by atoms with Crippen LogP contribution in [0.4, 0.5) is 17.5 Å². The monoisotopic (exact) mass is 485 g/mol. The highest BCUT2D eigenvalue weighted by Gasteiger charge is 2.24. The highest BCUT2D eigenvalue weighted by molar-refractivity contribution is 6.16. The molecule has 4 rings (SSSR count). The molecule has 1 fully saturated rings. The molecule has 11 nitrogen and oxygen atoms in total. The smallest absolute Gasteiger partial charge is 0.257 e. The van der Waals surface area contributed by atoms with Gasteiger partial charge >= 0.3 is 0 Å². The number of piperidine rings is 1. The van der Waals surface area contributed by atoms with Gasteiger partial charge in [-0.2, -0.15) is 0 Å². The van der Waals surface area contributed by atoms with E-state index >= 15 is 0 Å². The summed E-state index contributed by atoms with van der Waals surface area (Å²) in [6, 6.07) is 11.9. The second-order valence-corrected chi connectivity index (χ2v) is 8.21. The summed E-state index contributed by atoms with van der Waals surface area (Å²) in [4.78, 5) is 36.7. The second kappa shape index (κ2) is 11.2. The van der Waals surface area contributed by atoms with E-state index in [0.29, 0.717) is 34.9 Å². The third-order valence-electron chi connectivity index (χ3n) is 5.68. The molecule has 6 N–H and O–H groups in total. The lowest BCUT2D eigenvalue weighted by Gasteiger charge is -2.33. The highest BCUT2D eigenvalue weighted by atomic mass is 16.2. The summed E-state index contributed by atoms with van der Waals surface area (Å²) >= 11 is 0. The SMILES string of the molecule is C=CC(=O)NN1CCCC(Nc2ncnc(N)c2C(=N)c2ccc(C(=O)Nc3ccccn3)cc2)C1. The van der Waals surface area contributed by atoms with Crippen molar-refractivity contribution >= 4 is 35.0 Å². The van der Waals surface area contributed by atoms with Crippen LogP contribution in [0.3, 0.4) is 0 Å². The minimum Gasteiger partial charge on any atom is -0.383 e. The van der Waals surface area contributed by atoms with Crippen molar-refractivity contribution in [1.82, 2.24) is 25.4 Å². The van der Waals surface area contributed by atoms with Crippen LogP contribution in [0.25, 0.3) is 0 Å². The molecule has 0 saturated carbocycles. The molecule has 1 unspecified atom stereocenters. The van der Waals surface area contributed by atoms with Crippen molar-refractivity contribution in [1.29, 1.82) is 5.41 Å². The summed E-state index contributed by atoms with van der Waals surface area (Å²) in [7, 11) is 0. The Balaban J connectivity index is 1.48. The maximum absolute atomic E-state index is 12.5. The van der Waals surface area contributed by atoms with E-state index in [1.165, 1.54) is 12.4 Å². The van der Waals surface area contributed by atoms with Crippen LogP contribution in [0.1, 0.15) is 34.3 Å². The first-order valence-corrected chi connectivity index (χ1v) is 11.4. The average Bonchev–Trinajstić information content (AvgIpc) is 2.89. The zero-order chi connectivity index (χ0) is 25.5. The molecule has 3 aromatic rings. The Morgan fingerprint density at radius 2 is 1.89 bits per heavy atom. The molecule has 1 aromatic carbocycles. The molecule has 1 saturated heterocycles. The fraction of sp³-hybridized carbons (Fsp3) is 0.200. The molecular weight excluding hydrogens is 458 g/mol. The van der Waals surface area contributed by atoms with Crippen molar-refractivity contribution in [3.05, 3.63) is 84.3 Å². The quantitative estimate of drug-likeness (QED) is 0.240. The molecule has 184 valence electrons. The highest BCUT2D eigenvalue weighted by Crippen LogP contribution is 2.24. The number of pyridine rings is 1. The van der Waals surface area contributed by atoms with Crippen molar-refractivity contribution < 1.29 is 9.59 Å². The predicted molar refractivity (Wildman–Crippen MR) is 138 cm³/mol. The van der Waals surface area contributed by atoms with Gasteiger partial charge < -0.3 is 16.4 Å². The predicted octanol–water partition coefficient (Wildman–Crippen LogP) is 2.22. The number of rotatable bonds is 8. The number of anilines is 3. The minimum absolute atomic E-state index is 0.0256. The molecule has 11 heteroatoms. The summed E-state index contributed by atoms with van der Waals surface area (Å²) in [5.41, 5.74) is 10.4. The van der Waals surface area contributed by atoms with Crippen molar-refractivity contribution in [2.75, 3.05) is 29.5 Å². The molecular formula is C25H27N9O2. The van der Waals surface area contributed by atoms with Gasteiger partial charge in [-0.3, -0.25) is 20.4 Å². The Morgan fingerprint density at radius 1 is 1.11 bits per heavy atom. The van der Waals surface area contributed by atoms with Gasteiger partial charge in [-0.15, -0.1) is 0 Å². The molecule has 0 spiro atoms. The number of hydrazine groups is 1. The van der Waals surface area contributed by atoms with E-state index in [9.17, 15) is 9.59 Å². The molecule has 3 heterocycles. The van der Waals surface area contributed by atoms with Crippen molar-refractivity contribution in [2.45, 2.75) is 18.9 Å².